The summed E-state index contributed by atoms with van der Waals surface area (Å²) in [6.07, 6.45) is 0.975. The van der Waals surface area contributed by atoms with Crippen molar-refractivity contribution in [3.8, 4) is 11.5 Å². The fraction of sp³-hybridized carbons (Fsp3) is 0.611. The van der Waals surface area contributed by atoms with E-state index < -0.39 is 9.84 Å². The minimum atomic E-state index is -3.08. The van der Waals surface area contributed by atoms with Crippen LogP contribution in [0.3, 0.4) is 0 Å². The zero-order valence-electron chi connectivity index (χ0n) is 14.9. The number of amides is 1. The van der Waals surface area contributed by atoms with Gasteiger partial charge in [-0.1, -0.05) is 13.0 Å². The van der Waals surface area contributed by atoms with Gasteiger partial charge in [-0.05, 0) is 30.7 Å². The number of hydrogen-bond donors (Lipinski definition) is 0. The highest BCUT2D eigenvalue weighted by Crippen LogP contribution is 2.33. The fourth-order valence-electron chi connectivity index (χ4n) is 4.22. The topological polar surface area (TPSA) is 76.2 Å². The Labute approximate surface area is 153 Å². The Hall–Kier alpha value is -1.80. The molecular weight excluding hydrogens is 356 g/mol. The molecule has 4 rings (SSSR count). The van der Waals surface area contributed by atoms with Gasteiger partial charge >= 0.3 is 0 Å². The smallest absolute Gasteiger partial charge is 0.231 e. The van der Waals surface area contributed by atoms with Crippen LogP contribution in [0.25, 0.3) is 0 Å². The number of rotatable bonds is 4. The number of ether oxygens (including phenoxy) is 2. The molecule has 0 bridgehead atoms. The van der Waals surface area contributed by atoms with Crippen molar-refractivity contribution in [3.63, 3.8) is 0 Å². The first kappa shape index (κ1) is 17.6. The summed E-state index contributed by atoms with van der Waals surface area (Å²) in [7, 11) is -3.08. The Bertz CT molecular complexity index is 810. The van der Waals surface area contributed by atoms with Gasteiger partial charge in [-0.15, -0.1) is 0 Å². The number of piperazine rings is 1. The summed E-state index contributed by atoms with van der Waals surface area (Å²) in [4.78, 5) is 16.8. The maximum absolute atomic E-state index is 12.8. The number of likely N-dealkylation sites (N-methyl/N-ethyl adjacent to an activating group) is 1. The molecule has 1 aromatic rings. The van der Waals surface area contributed by atoms with E-state index in [1.807, 2.05) is 25.1 Å². The van der Waals surface area contributed by atoms with E-state index in [1.165, 1.54) is 0 Å². The fourth-order valence-corrected chi connectivity index (χ4v) is 6.23. The number of carbonyl (C=O) groups excluding carboxylic acids is 1. The second-order valence-electron chi connectivity index (χ2n) is 7.11. The van der Waals surface area contributed by atoms with Crippen molar-refractivity contribution in [1.29, 1.82) is 0 Å². The van der Waals surface area contributed by atoms with Crippen molar-refractivity contribution in [2.45, 2.75) is 31.8 Å². The third kappa shape index (κ3) is 3.27. The molecule has 3 aliphatic heterocycles. The molecule has 0 unspecified atom stereocenters. The largest absolute Gasteiger partial charge is 0.454 e. The van der Waals surface area contributed by atoms with Gasteiger partial charge in [0.2, 0.25) is 12.7 Å². The van der Waals surface area contributed by atoms with E-state index in [-0.39, 0.29) is 36.3 Å². The number of nitrogens with zero attached hydrogens (tertiary/aromatic N) is 2. The molecular formula is C18H24N2O5S. The molecule has 0 saturated carbocycles. The van der Waals surface area contributed by atoms with Crippen LogP contribution in [0, 0.1) is 0 Å². The minimum Gasteiger partial charge on any atom is -0.454 e. The van der Waals surface area contributed by atoms with Gasteiger partial charge in [0.25, 0.3) is 0 Å². The second kappa shape index (κ2) is 6.74. The van der Waals surface area contributed by atoms with E-state index in [2.05, 4.69) is 4.90 Å². The van der Waals surface area contributed by atoms with Crippen LogP contribution in [0.2, 0.25) is 0 Å². The van der Waals surface area contributed by atoms with Gasteiger partial charge in [0.1, 0.15) is 0 Å². The molecule has 8 heteroatoms. The van der Waals surface area contributed by atoms with E-state index in [9.17, 15) is 13.2 Å². The minimum absolute atomic E-state index is 0.0329. The molecule has 0 spiro atoms. The highest BCUT2D eigenvalue weighted by atomic mass is 32.2. The number of aryl methyl sites for hydroxylation is 1. The first-order chi connectivity index (χ1) is 12.5. The summed E-state index contributed by atoms with van der Waals surface area (Å²) in [6, 6.07) is 5.44. The average molecular weight is 380 g/mol. The Morgan fingerprint density at radius 1 is 1.15 bits per heavy atom. The van der Waals surface area contributed by atoms with E-state index >= 15 is 0 Å². The Morgan fingerprint density at radius 2 is 1.92 bits per heavy atom. The van der Waals surface area contributed by atoms with Crippen molar-refractivity contribution in [2.24, 2.45) is 0 Å². The van der Waals surface area contributed by atoms with Gasteiger partial charge < -0.3 is 14.4 Å². The van der Waals surface area contributed by atoms with Crippen LogP contribution in [-0.4, -0.2) is 74.1 Å². The molecule has 1 amide bonds. The monoisotopic (exact) mass is 380 g/mol. The van der Waals surface area contributed by atoms with Crippen LogP contribution in [0.4, 0.5) is 0 Å². The van der Waals surface area contributed by atoms with Gasteiger partial charge in [-0.3, -0.25) is 9.69 Å². The van der Waals surface area contributed by atoms with E-state index in [1.54, 1.807) is 4.90 Å². The van der Waals surface area contributed by atoms with Crippen LogP contribution in [0.15, 0.2) is 18.2 Å². The molecule has 0 radical (unpaired) electrons. The molecule has 2 atom stereocenters. The molecule has 7 nitrogen and oxygen atoms in total. The number of sulfone groups is 1. The van der Waals surface area contributed by atoms with Crippen LogP contribution in [0.1, 0.15) is 18.9 Å². The van der Waals surface area contributed by atoms with Gasteiger partial charge in [-0.2, -0.15) is 0 Å². The Morgan fingerprint density at radius 3 is 2.73 bits per heavy atom. The van der Waals surface area contributed by atoms with Crippen molar-refractivity contribution in [2.75, 3.05) is 37.9 Å². The lowest BCUT2D eigenvalue weighted by atomic mass is 10.0. The van der Waals surface area contributed by atoms with Crippen molar-refractivity contribution < 1.29 is 22.7 Å². The first-order valence-electron chi connectivity index (χ1n) is 9.09. The SMILES string of the molecule is CCN1CCN(C(=O)CCc2ccc3c(c2)OCO3)[C@@H]2CS(=O)(=O)C[C@@H]21. The second-order valence-corrected chi connectivity index (χ2v) is 9.27. The van der Waals surface area contributed by atoms with Gasteiger partial charge in [0, 0.05) is 25.6 Å². The Kier molecular flexibility index (Phi) is 4.56. The Balaban J connectivity index is 1.43. The van der Waals surface area contributed by atoms with E-state index in [0.29, 0.717) is 25.1 Å². The van der Waals surface area contributed by atoms with E-state index in [4.69, 9.17) is 9.47 Å². The lowest BCUT2D eigenvalue weighted by Crippen LogP contribution is -2.60. The molecule has 0 N–H and O–H groups in total. The van der Waals surface area contributed by atoms with Gasteiger partial charge in [-0.25, -0.2) is 8.42 Å². The number of hydrogen-bond acceptors (Lipinski definition) is 6. The first-order valence-corrected chi connectivity index (χ1v) is 10.9. The molecule has 2 saturated heterocycles. The molecule has 3 heterocycles. The number of carbonyl (C=O) groups is 1. The van der Waals surface area contributed by atoms with Gasteiger partial charge in [0.05, 0.1) is 17.5 Å². The highest BCUT2D eigenvalue weighted by molar-refractivity contribution is 7.91. The average Bonchev–Trinajstić information content (AvgIpc) is 3.20. The molecule has 3 aliphatic rings. The number of benzene rings is 1. The maximum atomic E-state index is 12.8. The molecule has 2 fully saturated rings. The normalized spacial score (nSPS) is 26.7. The van der Waals surface area contributed by atoms with Crippen molar-refractivity contribution in [3.05, 3.63) is 23.8 Å². The van der Waals surface area contributed by atoms with Crippen molar-refractivity contribution >= 4 is 15.7 Å². The summed E-state index contributed by atoms with van der Waals surface area (Å²) in [5, 5.41) is 0. The quantitative estimate of drug-likeness (QED) is 0.765. The zero-order chi connectivity index (χ0) is 18.3. The number of fused-ring (bicyclic) bond motifs is 2. The van der Waals surface area contributed by atoms with Gasteiger partial charge in [0.15, 0.2) is 21.3 Å². The summed E-state index contributed by atoms with van der Waals surface area (Å²) in [6.45, 7) is 4.43. The standard InChI is InChI=1S/C18H24N2O5S/c1-2-19-7-8-20(15-11-26(22,23)10-14(15)19)18(21)6-4-13-3-5-16-17(9-13)25-12-24-16/h3,5,9,14-15H,2,4,6-8,10-12H2,1H3/t14-,15+/m0/s1. The molecule has 1 aromatic carbocycles. The van der Waals surface area contributed by atoms with Crippen LogP contribution in [-0.2, 0) is 21.1 Å². The lowest BCUT2D eigenvalue weighted by Gasteiger charge is -2.43. The summed E-state index contributed by atoms with van der Waals surface area (Å²) in [5.41, 5.74) is 1.02. The summed E-state index contributed by atoms with van der Waals surface area (Å²) >= 11 is 0. The third-order valence-electron chi connectivity index (χ3n) is 5.58. The maximum Gasteiger partial charge on any atom is 0.231 e. The van der Waals surface area contributed by atoms with Crippen LogP contribution in [0.5, 0.6) is 11.5 Å². The summed E-state index contributed by atoms with van der Waals surface area (Å²) < 4.78 is 34.9. The summed E-state index contributed by atoms with van der Waals surface area (Å²) in [5.74, 6) is 1.73. The predicted octanol–water partition coefficient (Wildman–Crippen LogP) is 0.678. The molecule has 26 heavy (non-hydrogen) atoms. The van der Waals surface area contributed by atoms with Crippen LogP contribution < -0.4 is 9.47 Å². The highest BCUT2D eigenvalue weighted by Gasteiger charge is 2.47. The molecule has 0 aromatic heterocycles. The molecule has 142 valence electrons. The zero-order valence-corrected chi connectivity index (χ0v) is 15.7. The third-order valence-corrected chi connectivity index (χ3v) is 7.28. The predicted molar refractivity (Wildman–Crippen MR) is 96.1 cm³/mol. The van der Waals surface area contributed by atoms with Crippen molar-refractivity contribution in [1.82, 2.24) is 9.80 Å². The lowest BCUT2D eigenvalue weighted by molar-refractivity contribution is -0.136. The van der Waals surface area contributed by atoms with Crippen LogP contribution >= 0.6 is 0 Å². The molecule has 0 aliphatic carbocycles. The van der Waals surface area contributed by atoms with E-state index in [0.717, 1.165) is 24.4 Å².